The van der Waals surface area contributed by atoms with Crippen molar-refractivity contribution in [3.05, 3.63) is 34.3 Å². The summed E-state index contributed by atoms with van der Waals surface area (Å²) in [6.45, 7) is 3.55. The lowest BCUT2D eigenvalue weighted by molar-refractivity contribution is -0.213. The smallest absolute Gasteiger partial charge is 0.172 e. The summed E-state index contributed by atoms with van der Waals surface area (Å²) in [7, 11) is 1.55. The van der Waals surface area contributed by atoms with E-state index < -0.39 is 11.9 Å². The third-order valence-electron chi connectivity index (χ3n) is 2.18. The zero-order valence-corrected chi connectivity index (χ0v) is 11.1. The van der Waals surface area contributed by atoms with Gasteiger partial charge in [0.1, 0.15) is 0 Å². The summed E-state index contributed by atoms with van der Waals surface area (Å²) in [6.07, 6.45) is -0.622. The molecule has 0 spiro atoms. The fourth-order valence-electron chi connectivity index (χ4n) is 1.14. The predicted octanol–water partition coefficient (Wildman–Crippen LogP) is 3.41. The van der Waals surface area contributed by atoms with Crippen LogP contribution in [0.4, 0.5) is 0 Å². The summed E-state index contributed by atoms with van der Waals surface area (Å²) in [5.41, 5.74) is 0.816. The minimum atomic E-state index is -0.770. The fraction of sp³-hybridized carbons (Fsp3) is 0.417. The van der Waals surface area contributed by atoms with E-state index in [-0.39, 0.29) is 0 Å². The van der Waals surface area contributed by atoms with Crippen LogP contribution in [0.15, 0.2) is 28.7 Å². The van der Waals surface area contributed by atoms with Gasteiger partial charge in [-0.3, -0.25) is 0 Å². The van der Waals surface area contributed by atoms with E-state index in [4.69, 9.17) is 14.7 Å². The molecule has 0 saturated carbocycles. The Morgan fingerprint density at radius 3 is 2.31 bits per heavy atom. The molecule has 0 aromatic heterocycles. The summed E-state index contributed by atoms with van der Waals surface area (Å²) >= 11 is 3.34. The highest BCUT2D eigenvalue weighted by atomic mass is 79.9. The number of nitriles is 1. The predicted molar refractivity (Wildman–Crippen MR) is 64.7 cm³/mol. The lowest BCUT2D eigenvalue weighted by Gasteiger charge is -2.26. The van der Waals surface area contributed by atoms with Gasteiger partial charge < -0.3 is 9.47 Å². The Bertz CT molecular complexity index is 381. The number of hydrogen-bond donors (Lipinski definition) is 0. The second-order valence-electron chi connectivity index (χ2n) is 3.78. The van der Waals surface area contributed by atoms with Gasteiger partial charge in [0, 0.05) is 11.6 Å². The first-order valence-corrected chi connectivity index (χ1v) is 5.66. The summed E-state index contributed by atoms with van der Waals surface area (Å²) in [5, 5.41) is 9.07. The van der Waals surface area contributed by atoms with Crippen molar-refractivity contribution in [2.75, 3.05) is 7.11 Å². The molecule has 1 rings (SSSR count). The van der Waals surface area contributed by atoms with E-state index in [1.54, 1.807) is 21.0 Å². The molecule has 3 nitrogen and oxygen atoms in total. The number of ether oxygens (including phenoxy) is 2. The first-order chi connectivity index (χ1) is 7.48. The van der Waals surface area contributed by atoms with E-state index in [2.05, 4.69) is 22.0 Å². The molecular weight excluding hydrogens is 270 g/mol. The first kappa shape index (κ1) is 13.2. The first-order valence-electron chi connectivity index (χ1n) is 4.86. The molecule has 1 atom stereocenters. The van der Waals surface area contributed by atoms with Crippen molar-refractivity contribution in [3.8, 4) is 6.07 Å². The number of methoxy groups -OCH3 is 1. The molecule has 0 saturated heterocycles. The van der Waals surface area contributed by atoms with E-state index in [1.807, 2.05) is 24.3 Å². The molecule has 0 fully saturated rings. The lowest BCUT2D eigenvalue weighted by Crippen LogP contribution is -2.28. The Hall–Kier alpha value is -0.890. The molecule has 0 bridgehead atoms. The Morgan fingerprint density at radius 2 is 1.88 bits per heavy atom. The maximum atomic E-state index is 9.07. The quantitative estimate of drug-likeness (QED) is 0.796. The third kappa shape index (κ3) is 3.60. The summed E-state index contributed by atoms with van der Waals surface area (Å²) in [6, 6.07) is 9.57. The van der Waals surface area contributed by atoms with Crippen LogP contribution in [0.2, 0.25) is 0 Å². The summed E-state index contributed by atoms with van der Waals surface area (Å²) in [4.78, 5) is 0. The highest BCUT2D eigenvalue weighted by Gasteiger charge is 2.23. The van der Waals surface area contributed by atoms with Crippen LogP contribution in [0.25, 0.3) is 0 Å². The largest absolute Gasteiger partial charge is 0.354 e. The maximum Gasteiger partial charge on any atom is 0.172 e. The van der Waals surface area contributed by atoms with Gasteiger partial charge in [0.05, 0.1) is 6.07 Å². The Labute approximate surface area is 104 Å². The zero-order chi connectivity index (χ0) is 12.2. The average Bonchev–Trinajstić information content (AvgIpc) is 2.27. The molecular formula is C12H14BrNO2. The Morgan fingerprint density at radius 1 is 1.31 bits per heavy atom. The number of benzene rings is 1. The van der Waals surface area contributed by atoms with Gasteiger partial charge in [-0.05, 0) is 31.5 Å². The van der Waals surface area contributed by atoms with Crippen LogP contribution in [0, 0.1) is 11.3 Å². The van der Waals surface area contributed by atoms with Gasteiger partial charge in [0.25, 0.3) is 0 Å². The maximum absolute atomic E-state index is 9.07. The van der Waals surface area contributed by atoms with Crippen molar-refractivity contribution in [2.24, 2.45) is 0 Å². The van der Waals surface area contributed by atoms with E-state index in [9.17, 15) is 0 Å². The van der Waals surface area contributed by atoms with Crippen LogP contribution in [-0.4, -0.2) is 12.9 Å². The molecule has 0 unspecified atom stereocenters. The highest BCUT2D eigenvalue weighted by molar-refractivity contribution is 9.10. The molecule has 1 aromatic carbocycles. The fourth-order valence-corrected chi connectivity index (χ4v) is 1.40. The monoisotopic (exact) mass is 283 g/mol. The standard InChI is InChI=1S/C12H14BrNO2/c1-12(2,15-3)16-11(8-14)9-4-6-10(13)7-5-9/h4-7,11H,1-3H3/t11-/m1/s1. The second kappa shape index (κ2) is 5.44. The summed E-state index contributed by atoms with van der Waals surface area (Å²) < 4.78 is 11.7. The molecule has 0 aliphatic heterocycles. The van der Waals surface area contributed by atoms with E-state index in [0.717, 1.165) is 10.0 Å². The number of rotatable bonds is 4. The minimum absolute atomic E-state index is 0.622. The topological polar surface area (TPSA) is 42.2 Å². The van der Waals surface area contributed by atoms with Gasteiger partial charge in [0.2, 0.25) is 0 Å². The van der Waals surface area contributed by atoms with Crippen LogP contribution in [0.5, 0.6) is 0 Å². The van der Waals surface area contributed by atoms with Crippen molar-refractivity contribution >= 4 is 15.9 Å². The zero-order valence-electron chi connectivity index (χ0n) is 9.53. The molecule has 0 radical (unpaired) electrons. The molecule has 16 heavy (non-hydrogen) atoms. The van der Waals surface area contributed by atoms with Crippen molar-refractivity contribution in [1.82, 2.24) is 0 Å². The molecule has 0 N–H and O–H groups in total. The van der Waals surface area contributed by atoms with Gasteiger partial charge in [0.15, 0.2) is 11.9 Å². The molecule has 0 heterocycles. The van der Waals surface area contributed by atoms with Crippen LogP contribution in [0.3, 0.4) is 0 Å². The van der Waals surface area contributed by atoms with Crippen LogP contribution in [0.1, 0.15) is 25.5 Å². The normalized spacial score (nSPS) is 13.2. The van der Waals surface area contributed by atoms with Gasteiger partial charge in [-0.2, -0.15) is 5.26 Å². The molecule has 4 heteroatoms. The second-order valence-corrected chi connectivity index (χ2v) is 4.70. The SMILES string of the molecule is COC(C)(C)O[C@H](C#N)c1ccc(Br)cc1. The van der Waals surface area contributed by atoms with Crippen LogP contribution >= 0.6 is 15.9 Å². The van der Waals surface area contributed by atoms with Gasteiger partial charge >= 0.3 is 0 Å². The Balaban J connectivity index is 2.84. The van der Waals surface area contributed by atoms with Crippen molar-refractivity contribution in [2.45, 2.75) is 25.7 Å². The molecule has 0 aliphatic rings. The number of halogens is 1. The van der Waals surface area contributed by atoms with E-state index in [1.165, 1.54) is 0 Å². The molecule has 0 amide bonds. The third-order valence-corrected chi connectivity index (χ3v) is 2.71. The van der Waals surface area contributed by atoms with Gasteiger partial charge in [-0.15, -0.1) is 0 Å². The van der Waals surface area contributed by atoms with Crippen molar-refractivity contribution < 1.29 is 9.47 Å². The highest BCUT2D eigenvalue weighted by Crippen LogP contribution is 2.25. The minimum Gasteiger partial charge on any atom is -0.354 e. The van der Waals surface area contributed by atoms with Gasteiger partial charge in [-0.1, -0.05) is 28.1 Å². The molecule has 0 aliphatic carbocycles. The lowest BCUT2D eigenvalue weighted by atomic mass is 10.1. The van der Waals surface area contributed by atoms with Crippen molar-refractivity contribution in [1.29, 1.82) is 5.26 Å². The van der Waals surface area contributed by atoms with Crippen LogP contribution in [-0.2, 0) is 9.47 Å². The van der Waals surface area contributed by atoms with Gasteiger partial charge in [-0.25, -0.2) is 0 Å². The number of hydrogen-bond acceptors (Lipinski definition) is 3. The molecule has 1 aromatic rings. The molecule has 86 valence electrons. The van der Waals surface area contributed by atoms with Crippen molar-refractivity contribution in [3.63, 3.8) is 0 Å². The summed E-state index contributed by atoms with van der Waals surface area (Å²) in [5.74, 6) is -0.770. The van der Waals surface area contributed by atoms with E-state index in [0.29, 0.717) is 0 Å². The van der Waals surface area contributed by atoms with E-state index >= 15 is 0 Å². The number of nitrogens with zero attached hydrogens (tertiary/aromatic N) is 1. The Kier molecular flexibility index (Phi) is 4.48. The average molecular weight is 284 g/mol. The van der Waals surface area contributed by atoms with Crippen LogP contribution < -0.4 is 0 Å².